The Kier molecular flexibility index (Phi) is 5.09. The van der Waals surface area contributed by atoms with Gasteiger partial charge in [-0.25, -0.2) is 4.99 Å². The Morgan fingerprint density at radius 1 is 1.32 bits per heavy atom. The fourth-order valence-corrected chi connectivity index (χ4v) is 4.44. The van der Waals surface area contributed by atoms with E-state index in [1.54, 1.807) is 6.26 Å². The largest absolute Gasteiger partial charge is 0.496 e. The molecule has 148 valence electrons. The zero-order valence-electron chi connectivity index (χ0n) is 15.6. The van der Waals surface area contributed by atoms with E-state index in [2.05, 4.69) is 25.9 Å². The number of amidine groups is 1. The highest BCUT2D eigenvalue weighted by molar-refractivity contribution is 9.12. The van der Waals surface area contributed by atoms with Gasteiger partial charge in [0.2, 0.25) is 0 Å². The van der Waals surface area contributed by atoms with E-state index >= 15 is 0 Å². The summed E-state index contributed by atoms with van der Waals surface area (Å²) < 4.78 is 19.9. The molecule has 0 spiro atoms. The first kappa shape index (κ1) is 18.1. The molecule has 8 heteroatoms. The van der Waals surface area contributed by atoms with E-state index in [4.69, 9.17) is 19.2 Å². The molecule has 7 nitrogen and oxygen atoms in total. The smallest absolute Gasteiger partial charge is 0.157 e. The molecule has 4 aliphatic heterocycles. The third kappa shape index (κ3) is 3.44. The Morgan fingerprint density at radius 3 is 3.18 bits per heavy atom. The Bertz CT molecular complexity index is 880. The summed E-state index contributed by atoms with van der Waals surface area (Å²) in [6.45, 7) is 3.64. The fraction of sp³-hybridized carbons (Fsp3) is 0.500. The molecule has 1 aromatic heterocycles. The molecule has 1 atom stereocenters. The molecule has 4 aliphatic rings. The van der Waals surface area contributed by atoms with E-state index in [0.717, 1.165) is 53.9 Å². The first-order valence-electron chi connectivity index (χ1n) is 9.81. The summed E-state index contributed by atoms with van der Waals surface area (Å²) in [5.74, 6) is 0.943. The molecular weight excluding hydrogens is 424 g/mol. The van der Waals surface area contributed by atoms with Crippen LogP contribution in [0.25, 0.3) is 0 Å². The van der Waals surface area contributed by atoms with Crippen LogP contribution in [0.2, 0.25) is 0 Å². The molecule has 0 radical (unpaired) electrons. The minimum absolute atomic E-state index is 0.0611. The monoisotopic (exact) mass is 446 g/mol. The summed E-state index contributed by atoms with van der Waals surface area (Å²) in [7, 11) is 0. The van der Waals surface area contributed by atoms with Crippen molar-refractivity contribution in [3.05, 3.63) is 51.7 Å². The second kappa shape index (κ2) is 7.85. The van der Waals surface area contributed by atoms with Crippen molar-refractivity contribution in [1.29, 1.82) is 0 Å². The fourth-order valence-electron chi connectivity index (χ4n) is 4.02. The summed E-state index contributed by atoms with van der Waals surface area (Å²) in [5.41, 5.74) is 4.64. The molecule has 0 N–H and O–H groups in total. The molecule has 0 aliphatic carbocycles. The van der Waals surface area contributed by atoms with Crippen LogP contribution in [0.15, 0.2) is 51.2 Å². The van der Waals surface area contributed by atoms with Gasteiger partial charge in [-0.1, -0.05) is 0 Å². The molecule has 0 saturated carbocycles. The summed E-state index contributed by atoms with van der Waals surface area (Å²) in [5, 5.41) is 4.50. The number of allylic oxidation sites excluding steroid dienone is 1. The van der Waals surface area contributed by atoms with Gasteiger partial charge < -0.3 is 19.1 Å². The van der Waals surface area contributed by atoms with Gasteiger partial charge in [0, 0.05) is 31.1 Å². The number of halogens is 1. The third-order valence-corrected chi connectivity index (χ3v) is 6.04. The van der Waals surface area contributed by atoms with E-state index in [0.29, 0.717) is 19.8 Å². The van der Waals surface area contributed by atoms with Crippen LogP contribution in [0.3, 0.4) is 0 Å². The maximum atomic E-state index is 5.82. The van der Waals surface area contributed by atoms with E-state index in [9.17, 15) is 0 Å². The average Bonchev–Trinajstić information content (AvgIpc) is 3.32. The van der Waals surface area contributed by atoms with Crippen molar-refractivity contribution in [3.63, 3.8) is 0 Å². The van der Waals surface area contributed by atoms with Crippen LogP contribution >= 0.6 is 15.9 Å². The van der Waals surface area contributed by atoms with Crippen LogP contribution in [0.5, 0.6) is 0 Å². The molecular formula is C20H23BrN4O3. The molecule has 5 heterocycles. The van der Waals surface area contributed by atoms with Gasteiger partial charge in [-0.2, -0.15) is 5.10 Å². The second-order valence-corrected chi connectivity index (χ2v) is 8.14. The summed E-state index contributed by atoms with van der Waals surface area (Å²) >= 11 is 3.60. The molecule has 1 saturated heterocycles. The predicted molar refractivity (Wildman–Crippen MR) is 108 cm³/mol. The summed E-state index contributed by atoms with van der Waals surface area (Å²) in [6, 6.07) is 0. The Morgan fingerprint density at radius 2 is 2.29 bits per heavy atom. The standard InChI is InChI=1S/C20H23BrN4O3/c21-17-13-26-12-14-4-5-25-19(14)16(17)10-22-20(25)15-9-23-24(11-15)6-8-28-18-3-1-2-7-27-18/h9-11,13,18H,1-8,12H2. The zero-order chi connectivity index (χ0) is 18.9. The van der Waals surface area contributed by atoms with Crippen LogP contribution in [0, 0.1) is 0 Å². The summed E-state index contributed by atoms with van der Waals surface area (Å²) in [6.07, 6.45) is 11.8. The Labute approximate surface area is 172 Å². The number of hydrogen-bond donors (Lipinski definition) is 0. The lowest BCUT2D eigenvalue weighted by molar-refractivity contribution is -0.163. The van der Waals surface area contributed by atoms with Gasteiger partial charge in [0.15, 0.2) is 6.29 Å². The van der Waals surface area contributed by atoms with Crippen molar-refractivity contribution in [3.8, 4) is 0 Å². The maximum Gasteiger partial charge on any atom is 0.157 e. The van der Waals surface area contributed by atoms with Crippen LogP contribution in [0.1, 0.15) is 31.2 Å². The second-order valence-electron chi connectivity index (χ2n) is 7.29. The van der Waals surface area contributed by atoms with Crippen molar-refractivity contribution in [2.75, 3.05) is 26.4 Å². The lowest BCUT2D eigenvalue weighted by Gasteiger charge is -2.27. The van der Waals surface area contributed by atoms with Crippen molar-refractivity contribution in [2.24, 2.45) is 4.99 Å². The SMILES string of the molecule is BrC1=COCC2=C3C1=CN=C(c1cnn(CCOC4CCCCO4)c1)N3CC2. The van der Waals surface area contributed by atoms with Crippen LogP contribution in [-0.2, 0) is 20.8 Å². The number of nitrogens with zero attached hydrogens (tertiary/aromatic N) is 4. The third-order valence-electron chi connectivity index (χ3n) is 5.42. The van der Waals surface area contributed by atoms with Crippen molar-refractivity contribution in [2.45, 2.75) is 38.5 Å². The molecule has 28 heavy (non-hydrogen) atoms. The van der Waals surface area contributed by atoms with Crippen molar-refractivity contribution >= 4 is 21.8 Å². The Balaban J connectivity index is 1.29. The van der Waals surface area contributed by atoms with Gasteiger partial charge in [0.05, 0.1) is 41.4 Å². The molecule has 1 aromatic rings. The van der Waals surface area contributed by atoms with Gasteiger partial charge in [0.25, 0.3) is 0 Å². The number of hydrogen-bond acceptors (Lipinski definition) is 6. The number of ether oxygens (including phenoxy) is 3. The molecule has 5 rings (SSSR count). The molecule has 0 bridgehead atoms. The first-order chi connectivity index (χ1) is 13.8. The molecule has 0 amide bonds. The van der Waals surface area contributed by atoms with Crippen LogP contribution < -0.4 is 0 Å². The highest BCUT2D eigenvalue weighted by Gasteiger charge is 2.34. The highest BCUT2D eigenvalue weighted by atomic mass is 79.9. The van der Waals surface area contributed by atoms with Crippen LogP contribution in [-0.4, -0.2) is 53.2 Å². The summed E-state index contributed by atoms with van der Waals surface area (Å²) in [4.78, 5) is 7.02. The van der Waals surface area contributed by atoms with Crippen molar-refractivity contribution in [1.82, 2.24) is 14.7 Å². The zero-order valence-corrected chi connectivity index (χ0v) is 17.2. The molecule has 0 aromatic carbocycles. The lowest BCUT2D eigenvalue weighted by Crippen LogP contribution is -2.31. The van der Waals surface area contributed by atoms with E-state index < -0.39 is 0 Å². The topological polar surface area (TPSA) is 61.1 Å². The van der Waals surface area contributed by atoms with Crippen molar-refractivity contribution < 1.29 is 14.2 Å². The molecule has 1 fully saturated rings. The normalized spacial score (nSPS) is 24.2. The van der Waals surface area contributed by atoms with Gasteiger partial charge in [-0.15, -0.1) is 0 Å². The van der Waals surface area contributed by atoms with Gasteiger partial charge >= 0.3 is 0 Å². The average molecular weight is 447 g/mol. The Hall–Kier alpha value is -1.90. The minimum atomic E-state index is -0.0611. The van der Waals surface area contributed by atoms with Gasteiger partial charge in [-0.3, -0.25) is 4.68 Å². The number of aliphatic imine (C=N–C) groups is 1. The minimum Gasteiger partial charge on any atom is -0.496 e. The van der Waals surface area contributed by atoms with E-state index in [-0.39, 0.29) is 6.29 Å². The molecule has 1 unspecified atom stereocenters. The van der Waals surface area contributed by atoms with E-state index in [1.807, 2.05) is 23.3 Å². The number of aromatic nitrogens is 2. The van der Waals surface area contributed by atoms with E-state index in [1.165, 1.54) is 17.7 Å². The quantitative estimate of drug-likeness (QED) is 0.694. The first-order valence-corrected chi connectivity index (χ1v) is 10.6. The van der Waals surface area contributed by atoms with Gasteiger partial charge in [-0.05, 0) is 47.2 Å². The lowest BCUT2D eigenvalue weighted by atomic mass is 10.1. The highest BCUT2D eigenvalue weighted by Crippen LogP contribution is 2.40. The van der Waals surface area contributed by atoms with Gasteiger partial charge in [0.1, 0.15) is 12.4 Å². The predicted octanol–water partition coefficient (Wildman–Crippen LogP) is 3.30. The number of rotatable bonds is 5. The van der Waals surface area contributed by atoms with Crippen LogP contribution in [0.4, 0.5) is 0 Å². The maximum absolute atomic E-state index is 5.82.